The number of thiophene rings is 1. The van der Waals surface area contributed by atoms with Gasteiger partial charge in [0.25, 0.3) is 5.91 Å². The zero-order valence-corrected chi connectivity index (χ0v) is 14.5. The van der Waals surface area contributed by atoms with E-state index in [-0.39, 0.29) is 21.4 Å². The molecule has 0 N–H and O–H groups in total. The zero-order chi connectivity index (χ0) is 17.9. The predicted octanol–water partition coefficient (Wildman–Crippen LogP) is 0.849. The number of hydrogen-bond acceptors (Lipinski definition) is 8. The summed E-state index contributed by atoms with van der Waals surface area (Å²) in [5, 5.41) is 10.4. The third-order valence-electron chi connectivity index (χ3n) is 3.61. The Balaban J connectivity index is 1.93. The van der Waals surface area contributed by atoms with Gasteiger partial charge in [-0.3, -0.25) is 14.9 Å². The molecule has 1 aliphatic heterocycles. The Morgan fingerprint density at radius 3 is 2.67 bits per heavy atom. The Morgan fingerprint density at radius 1 is 1.46 bits per heavy atom. The van der Waals surface area contributed by atoms with Crippen molar-refractivity contribution < 1.29 is 27.7 Å². The van der Waals surface area contributed by atoms with Crippen LogP contribution in [0.15, 0.2) is 12.1 Å². The summed E-state index contributed by atoms with van der Waals surface area (Å²) in [5.41, 5.74) is 0. The highest BCUT2D eigenvalue weighted by Crippen LogP contribution is 2.24. The number of esters is 1. The lowest BCUT2D eigenvalue weighted by Gasteiger charge is -2.26. The highest BCUT2D eigenvalue weighted by molar-refractivity contribution is 7.91. The van der Waals surface area contributed by atoms with Gasteiger partial charge in [-0.05, 0) is 19.4 Å². The molecule has 0 aromatic carbocycles. The molecule has 1 saturated heterocycles. The molecule has 24 heavy (non-hydrogen) atoms. The summed E-state index contributed by atoms with van der Waals surface area (Å²) in [6.45, 7) is 1.49. The fraction of sp³-hybridized carbons (Fsp3) is 0.538. The van der Waals surface area contributed by atoms with Crippen LogP contribution in [-0.2, 0) is 19.4 Å². The number of sulfone groups is 1. The van der Waals surface area contributed by atoms with Crippen LogP contribution in [0.25, 0.3) is 0 Å². The van der Waals surface area contributed by atoms with Crippen molar-refractivity contribution in [1.82, 2.24) is 4.90 Å². The van der Waals surface area contributed by atoms with Crippen molar-refractivity contribution in [1.29, 1.82) is 0 Å². The minimum Gasteiger partial charge on any atom is -0.451 e. The molecule has 11 heteroatoms. The van der Waals surface area contributed by atoms with E-state index in [9.17, 15) is 28.1 Å². The van der Waals surface area contributed by atoms with Gasteiger partial charge >= 0.3 is 11.0 Å². The van der Waals surface area contributed by atoms with Crippen LogP contribution in [0.2, 0.25) is 0 Å². The maximum atomic E-state index is 12.2. The molecular formula is C13H16N2O7S2. The van der Waals surface area contributed by atoms with Crippen LogP contribution < -0.4 is 0 Å². The lowest BCUT2D eigenvalue weighted by molar-refractivity contribution is -0.380. The largest absolute Gasteiger partial charge is 0.451 e. The summed E-state index contributed by atoms with van der Waals surface area (Å²) in [4.78, 5) is 35.4. The van der Waals surface area contributed by atoms with Gasteiger partial charge < -0.3 is 9.64 Å². The number of amides is 1. The van der Waals surface area contributed by atoms with Crippen LogP contribution in [0.3, 0.4) is 0 Å². The second-order valence-corrected chi connectivity index (χ2v) is 8.50. The molecule has 1 amide bonds. The number of ether oxygens (including phenoxy) is 1. The van der Waals surface area contributed by atoms with Crippen molar-refractivity contribution in [2.75, 3.05) is 24.7 Å². The van der Waals surface area contributed by atoms with Gasteiger partial charge in [-0.1, -0.05) is 11.3 Å². The van der Waals surface area contributed by atoms with Gasteiger partial charge in [0.15, 0.2) is 16.4 Å². The number of likely N-dealkylation sites (N-methyl/N-ethyl adjacent to an activating group) is 1. The fourth-order valence-corrected chi connectivity index (χ4v) is 4.92. The normalized spacial score (nSPS) is 19.0. The van der Waals surface area contributed by atoms with E-state index in [0.717, 1.165) is 0 Å². The quantitative estimate of drug-likeness (QED) is 0.409. The van der Waals surface area contributed by atoms with Crippen LogP contribution in [0.4, 0.5) is 5.00 Å². The van der Waals surface area contributed by atoms with E-state index < -0.39 is 39.3 Å². The summed E-state index contributed by atoms with van der Waals surface area (Å²) < 4.78 is 27.9. The number of nitrogens with zero attached hydrogens (tertiary/aromatic N) is 2. The molecular weight excluding hydrogens is 360 g/mol. The fourth-order valence-electron chi connectivity index (χ4n) is 2.48. The standard InChI is InChI=1S/C13H16N2O7S2/c1-2-14(9-5-6-24(20,21)8-9)11(16)7-22-13(17)10-3-4-12(23-10)15(18)19/h3-4,9H,2,5-8H2,1H3/t9-/m1/s1. The number of hydrogen-bond donors (Lipinski definition) is 0. The predicted molar refractivity (Wildman–Crippen MR) is 85.7 cm³/mol. The van der Waals surface area contributed by atoms with Crippen LogP contribution in [0.1, 0.15) is 23.0 Å². The van der Waals surface area contributed by atoms with Gasteiger partial charge in [0, 0.05) is 18.7 Å². The minimum atomic E-state index is -3.13. The molecule has 2 heterocycles. The first kappa shape index (κ1) is 18.3. The van der Waals surface area contributed by atoms with E-state index in [1.807, 2.05) is 0 Å². The average molecular weight is 376 g/mol. The molecule has 9 nitrogen and oxygen atoms in total. The maximum absolute atomic E-state index is 12.2. The highest BCUT2D eigenvalue weighted by Gasteiger charge is 2.34. The van der Waals surface area contributed by atoms with Crippen molar-refractivity contribution in [3.63, 3.8) is 0 Å². The molecule has 0 spiro atoms. The monoisotopic (exact) mass is 376 g/mol. The molecule has 0 aliphatic carbocycles. The van der Waals surface area contributed by atoms with Crippen molar-refractivity contribution >= 4 is 38.1 Å². The number of rotatable bonds is 6. The SMILES string of the molecule is CCN(C(=O)COC(=O)c1ccc([N+](=O)[O-])s1)[C@@H]1CCS(=O)(=O)C1. The zero-order valence-electron chi connectivity index (χ0n) is 12.8. The Bertz CT molecular complexity index is 756. The van der Waals surface area contributed by atoms with Crippen molar-refractivity contribution in [3.05, 3.63) is 27.1 Å². The minimum absolute atomic E-state index is 0.0287. The van der Waals surface area contributed by atoms with Gasteiger partial charge in [-0.15, -0.1) is 0 Å². The number of nitro groups is 1. The van der Waals surface area contributed by atoms with Crippen LogP contribution >= 0.6 is 11.3 Å². The van der Waals surface area contributed by atoms with Gasteiger partial charge in [0.05, 0.1) is 16.4 Å². The summed E-state index contributed by atoms with van der Waals surface area (Å²) >= 11 is 0.662. The Labute approximate surface area is 142 Å². The van der Waals surface area contributed by atoms with E-state index >= 15 is 0 Å². The third kappa shape index (κ3) is 4.29. The van der Waals surface area contributed by atoms with E-state index in [0.29, 0.717) is 24.3 Å². The molecule has 1 aromatic heterocycles. The smallest absolute Gasteiger partial charge is 0.349 e. The first-order valence-corrected chi connectivity index (χ1v) is 9.78. The number of carbonyl (C=O) groups is 2. The molecule has 1 fully saturated rings. The molecule has 1 aromatic rings. The van der Waals surface area contributed by atoms with Crippen molar-refractivity contribution in [2.45, 2.75) is 19.4 Å². The number of carbonyl (C=O) groups excluding carboxylic acids is 2. The van der Waals surface area contributed by atoms with Gasteiger partial charge in [0.1, 0.15) is 4.88 Å². The maximum Gasteiger partial charge on any atom is 0.349 e. The molecule has 0 radical (unpaired) electrons. The third-order valence-corrected chi connectivity index (χ3v) is 6.38. The molecule has 1 aliphatic rings. The lowest BCUT2D eigenvalue weighted by Crippen LogP contribution is -2.43. The van der Waals surface area contributed by atoms with E-state index in [2.05, 4.69) is 0 Å². The molecule has 1 atom stereocenters. The summed E-state index contributed by atoms with van der Waals surface area (Å²) in [5.74, 6) is -1.35. The highest BCUT2D eigenvalue weighted by atomic mass is 32.2. The van der Waals surface area contributed by atoms with E-state index in [4.69, 9.17) is 4.74 Å². The van der Waals surface area contributed by atoms with Gasteiger partial charge in [-0.2, -0.15) is 0 Å². The lowest BCUT2D eigenvalue weighted by atomic mass is 10.2. The molecule has 2 rings (SSSR count). The Morgan fingerprint density at radius 2 is 2.17 bits per heavy atom. The topological polar surface area (TPSA) is 124 Å². The van der Waals surface area contributed by atoms with Crippen molar-refractivity contribution in [2.24, 2.45) is 0 Å². The Kier molecular flexibility index (Phi) is 5.54. The summed E-state index contributed by atoms with van der Waals surface area (Å²) in [7, 11) is -3.13. The first-order valence-electron chi connectivity index (χ1n) is 7.14. The molecule has 132 valence electrons. The van der Waals surface area contributed by atoms with Crippen LogP contribution in [0, 0.1) is 10.1 Å². The second kappa shape index (κ2) is 7.26. The summed E-state index contributed by atoms with van der Waals surface area (Å²) in [6, 6.07) is 2.04. The molecule has 0 saturated carbocycles. The van der Waals surface area contributed by atoms with Crippen molar-refractivity contribution in [3.8, 4) is 0 Å². The van der Waals surface area contributed by atoms with Gasteiger partial charge in [-0.25, -0.2) is 13.2 Å². The average Bonchev–Trinajstić information content (AvgIpc) is 3.12. The van der Waals surface area contributed by atoms with E-state index in [1.165, 1.54) is 17.0 Å². The first-order chi connectivity index (χ1) is 11.2. The molecule has 0 bridgehead atoms. The summed E-state index contributed by atoms with van der Waals surface area (Å²) in [6.07, 6.45) is 0.368. The van der Waals surface area contributed by atoms with E-state index in [1.54, 1.807) is 6.92 Å². The van der Waals surface area contributed by atoms with Crippen LogP contribution in [0.5, 0.6) is 0 Å². The Hall–Kier alpha value is -2.01. The van der Waals surface area contributed by atoms with Crippen LogP contribution in [-0.4, -0.2) is 60.8 Å². The van der Waals surface area contributed by atoms with Gasteiger partial charge in [0.2, 0.25) is 0 Å². The molecule has 0 unspecified atom stereocenters. The second-order valence-electron chi connectivity index (χ2n) is 5.21.